The highest BCUT2D eigenvalue weighted by molar-refractivity contribution is 6.45. The molecule has 1 aromatic heterocycles. The maximum absolute atomic E-state index is 8.82. The molecule has 0 bridgehead atoms. The average Bonchev–Trinajstić information content (AvgIpc) is 2.87. The molecule has 0 saturated heterocycles. The molecule has 21 heavy (non-hydrogen) atoms. The molecule has 0 saturated carbocycles. The summed E-state index contributed by atoms with van der Waals surface area (Å²) in [5, 5.41) is 27.8. The topological polar surface area (TPSA) is 129 Å². The molecule has 0 aliphatic rings. The number of amidine groups is 1. The normalized spacial score (nSPS) is 11.0. The molecule has 4 N–H and O–H groups in total. The number of hydrogen-bond donors (Lipinski definition) is 3. The van der Waals surface area contributed by atoms with E-state index in [-0.39, 0.29) is 11.5 Å². The van der Waals surface area contributed by atoms with Crippen molar-refractivity contribution in [2.45, 2.75) is 6.92 Å². The van der Waals surface area contributed by atoms with E-state index in [1.807, 2.05) is 36.7 Å². The summed E-state index contributed by atoms with van der Waals surface area (Å²) < 4.78 is 1.81. The van der Waals surface area contributed by atoms with Gasteiger partial charge in [0.05, 0.1) is 5.69 Å². The Labute approximate surface area is 121 Å². The van der Waals surface area contributed by atoms with E-state index in [0.717, 1.165) is 17.0 Å². The lowest BCUT2D eigenvalue weighted by molar-refractivity contribution is 0.918. The number of rotatable bonds is 4. The first-order valence-electron chi connectivity index (χ1n) is 6.06. The Hall–Kier alpha value is -3.21. The lowest BCUT2D eigenvalue weighted by atomic mass is 10.1. The van der Waals surface area contributed by atoms with Gasteiger partial charge in [-0.05, 0) is 18.6 Å². The predicted molar refractivity (Wildman–Crippen MR) is 79.8 cm³/mol. The summed E-state index contributed by atoms with van der Waals surface area (Å²) in [6.45, 7) is 1.90. The van der Waals surface area contributed by atoms with Crippen molar-refractivity contribution < 1.29 is 0 Å². The molecule has 0 spiro atoms. The van der Waals surface area contributed by atoms with Crippen LogP contribution in [0.4, 0.5) is 5.69 Å². The van der Waals surface area contributed by atoms with Crippen LogP contribution in [0.3, 0.4) is 0 Å². The Morgan fingerprint density at radius 3 is 2.86 bits per heavy atom. The minimum absolute atomic E-state index is 0.168. The van der Waals surface area contributed by atoms with Gasteiger partial charge in [-0.2, -0.15) is 10.4 Å². The number of nitriles is 1. The first-order chi connectivity index (χ1) is 10.0. The summed E-state index contributed by atoms with van der Waals surface area (Å²) in [5.41, 5.74) is 10.3. The molecule has 0 aliphatic carbocycles. The van der Waals surface area contributed by atoms with Gasteiger partial charge in [0.1, 0.15) is 12.4 Å². The first kappa shape index (κ1) is 14.2. The van der Waals surface area contributed by atoms with E-state index < -0.39 is 0 Å². The summed E-state index contributed by atoms with van der Waals surface area (Å²) in [5.74, 6) is 0.347. The van der Waals surface area contributed by atoms with Crippen LogP contribution in [0.25, 0.3) is 11.4 Å². The molecular formula is C13H14N8. The van der Waals surface area contributed by atoms with Crippen LogP contribution in [-0.2, 0) is 7.05 Å². The second kappa shape index (κ2) is 5.83. The highest BCUT2D eigenvalue weighted by Gasteiger charge is 2.10. The molecule has 1 heterocycles. The third-order valence-corrected chi connectivity index (χ3v) is 2.94. The summed E-state index contributed by atoms with van der Waals surface area (Å²) in [6.07, 6.45) is 1.62. The Balaban J connectivity index is 2.38. The Morgan fingerprint density at radius 1 is 1.52 bits per heavy atom. The van der Waals surface area contributed by atoms with Gasteiger partial charge in [0.2, 0.25) is 5.71 Å². The lowest BCUT2D eigenvalue weighted by Gasteiger charge is -2.10. The van der Waals surface area contributed by atoms with Crippen molar-refractivity contribution in [2.75, 3.05) is 5.43 Å². The highest BCUT2D eigenvalue weighted by Crippen LogP contribution is 2.26. The minimum Gasteiger partial charge on any atom is -0.382 e. The smallest absolute Gasteiger partial charge is 0.201 e. The molecule has 0 fully saturated rings. The standard InChI is InChI=1S/C13H14N8/c1-8-9(13-20-17-7-21(13)2)4-3-5-10(8)18-19-11(6-14)12(15)16/h3-5,7,18H,1-2H3,(H3,15,16)/b19-11+. The Morgan fingerprint density at radius 2 is 2.29 bits per heavy atom. The quantitative estimate of drug-likeness (QED) is 0.438. The predicted octanol–water partition coefficient (Wildman–Crippen LogP) is 1.02. The molecule has 2 aromatic rings. The van der Waals surface area contributed by atoms with Crippen LogP contribution < -0.4 is 11.2 Å². The Kier molecular flexibility index (Phi) is 3.95. The molecule has 106 valence electrons. The number of nitrogens with zero attached hydrogens (tertiary/aromatic N) is 5. The van der Waals surface area contributed by atoms with E-state index in [1.54, 1.807) is 12.4 Å². The van der Waals surface area contributed by atoms with Gasteiger partial charge in [0.25, 0.3) is 0 Å². The maximum Gasteiger partial charge on any atom is 0.201 e. The largest absolute Gasteiger partial charge is 0.382 e. The van der Waals surface area contributed by atoms with Crippen molar-refractivity contribution in [1.29, 1.82) is 10.7 Å². The third kappa shape index (κ3) is 2.87. The van der Waals surface area contributed by atoms with Gasteiger partial charge >= 0.3 is 0 Å². The van der Waals surface area contributed by atoms with Crippen LogP contribution >= 0.6 is 0 Å². The van der Waals surface area contributed by atoms with Crippen molar-refractivity contribution in [2.24, 2.45) is 17.9 Å². The van der Waals surface area contributed by atoms with E-state index in [1.165, 1.54) is 0 Å². The van der Waals surface area contributed by atoms with Gasteiger partial charge in [-0.3, -0.25) is 10.8 Å². The summed E-state index contributed by atoms with van der Waals surface area (Å²) >= 11 is 0. The zero-order chi connectivity index (χ0) is 15.4. The SMILES string of the molecule is Cc1c(N/N=C(\C#N)C(=N)N)cccc1-c1nncn1C. The Bertz CT molecular complexity index is 750. The van der Waals surface area contributed by atoms with Gasteiger partial charge in [0.15, 0.2) is 11.7 Å². The van der Waals surface area contributed by atoms with E-state index in [4.69, 9.17) is 16.4 Å². The number of nitrogens with one attached hydrogen (secondary N) is 2. The lowest BCUT2D eigenvalue weighted by Crippen LogP contribution is -2.22. The fourth-order valence-electron chi connectivity index (χ4n) is 1.79. The average molecular weight is 282 g/mol. The number of hydrogen-bond acceptors (Lipinski definition) is 6. The second-order valence-electron chi connectivity index (χ2n) is 4.34. The van der Waals surface area contributed by atoms with E-state index in [2.05, 4.69) is 20.7 Å². The summed E-state index contributed by atoms with van der Waals surface area (Å²) in [4.78, 5) is 0. The second-order valence-corrected chi connectivity index (χ2v) is 4.34. The fourth-order valence-corrected chi connectivity index (χ4v) is 1.79. The van der Waals surface area contributed by atoms with E-state index in [9.17, 15) is 0 Å². The number of hydrazone groups is 1. The molecule has 2 rings (SSSR count). The molecule has 8 heteroatoms. The molecule has 0 amide bonds. The van der Waals surface area contributed by atoms with Crippen molar-refractivity contribution in [3.63, 3.8) is 0 Å². The third-order valence-electron chi connectivity index (χ3n) is 2.94. The number of nitrogens with two attached hydrogens (primary N) is 1. The van der Waals surface area contributed by atoms with Crippen LogP contribution in [0.2, 0.25) is 0 Å². The molecule has 0 unspecified atom stereocenters. The molecular weight excluding hydrogens is 268 g/mol. The van der Waals surface area contributed by atoms with Crippen LogP contribution in [0.5, 0.6) is 0 Å². The highest BCUT2D eigenvalue weighted by atomic mass is 15.3. The fraction of sp³-hybridized carbons (Fsp3) is 0.154. The first-order valence-corrected chi connectivity index (χ1v) is 6.06. The maximum atomic E-state index is 8.82. The zero-order valence-electron chi connectivity index (χ0n) is 11.6. The summed E-state index contributed by atoms with van der Waals surface area (Å²) in [7, 11) is 1.86. The minimum atomic E-state index is -0.382. The molecule has 8 nitrogen and oxygen atoms in total. The van der Waals surface area contributed by atoms with Crippen molar-refractivity contribution in [3.8, 4) is 17.5 Å². The number of aromatic nitrogens is 3. The van der Waals surface area contributed by atoms with Crippen molar-refractivity contribution in [1.82, 2.24) is 14.8 Å². The monoisotopic (exact) mass is 282 g/mol. The van der Waals surface area contributed by atoms with Crippen molar-refractivity contribution >= 4 is 17.2 Å². The van der Waals surface area contributed by atoms with Crippen LogP contribution in [0.15, 0.2) is 29.6 Å². The van der Waals surface area contributed by atoms with E-state index >= 15 is 0 Å². The van der Waals surface area contributed by atoms with Crippen LogP contribution in [-0.4, -0.2) is 26.3 Å². The van der Waals surface area contributed by atoms with Gasteiger partial charge in [-0.15, -0.1) is 10.2 Å². The zero-order valence-corrected chi connectivity index (χ0v) is 11.6. The van der Waals surface area contributed by atoms with Gasteiger partial charge in [0, 0.05) is 12.6 Å². The van der Waals surface area contributed by atoms with E-state index in [0.29, 0.717) is 5.69 Å². The number of anilines is 1. The molecule has 0 radical (unpaired) electrons. The number of benzene rings is 1. The molecule has 0 aliphatic heterocycles. The molecule has 1 aromatic carbocycles. The number of aryl methyl sites for hydroxylation is 1. The van der Waals surface area contributed by atoms with Crippen molar-refractivity contribution in [3.05, 3.63) is 30.1 Å². The van der Waals surface area contributed by atoms with Gasteiger partial charge in [-0.1, -0.05) is 12.1 Å². The molecule has 0 atom stereocenters. The summed E-state index contributed by atoms with van der Waals surface area (Å²) in [6, 6.07) is 7.33. The van der Waals surface area contributed by atoms with Crippen LogP contribution in [0, 0.1) is 23.7 Å². The van der Waals surface area contributed by atoms with Gasteiger partial charge in [-0.25, -0.2) is 0 Å². The van der Waals surface area contributed by atoms with Crippen LogP contribution in [0.1, 0.15) is 5.56 Å². The van der Waals surface area contributed by atoms with Gasteiger partial charge < -0.3 is 10.3 Å².